The highest BCUT2D eigenvalue weighted by molar-refractivity contribution is 6.05. The number of hydrogen-bond acceptors (Lipinski definition) is 2. The fourth-order valence-electron chi connectivity index (χ4n) is 3.16. The largest absolute Gasteiger partial charge is 0.322 e. The smallest absolute Gasteiger partial charge is 0.255 e. The Labute approximate surface area is 155 Å². The van der Waals surface area contributed by atoms with E-state index in [1.165, 1.54) is 0 Å². The first-order valence-electron chi connectivity index (χ1n) is 9.00. The molecule has 1 N–H and O–H groups in total. The normalized spacial score (nSPS) is 13.5. The number of nitrogens with one attached hydrogen (secondary N) is 1. The summed E-state index contributed by atoms with van der Waals surface area (Å²) in [6.45, 7) is 10.5. The summed E-state index contributed by atoms with van der Waals surface area (Å²) in [4.78, 5) is 27.1. The van der Waals surface area contributed by atoms with E-state index in [1.807, 2.05) is 75.9 Å². The minimum atomic E-state index is -0.430. The number of nitrogens with zero attached hydrogens (tertiary/aromatic N) is 1. The van der Waals surface area contributed by atoms with Gasteiger partial charge >= 0.3 is 0 Å². The molecule has 0 aromatic heterocycles. The maximum Gasteiger partial charge on any atom is 0.255 e. The number of benzene rings is 2. The summed E-state index contributed by atoms with van der Waals surface area (Å²) >= 11 is 0. The molecule has 0 aliphatic carbocycles. The Kier molecular flexibility index (Phi) is 4.61. The molecule has 2 aromatic carbocycles. The van der Waals surface area contributed by atoms with Crippen molar-refractivity contribution in [3.05, 3.63) is 58.7 Å². The van der Waals surface area contributed by atoms with Gasteiger partial charge in [-0.3, -0.25) is 9.59 Å². The van der Waals surface area contributed by atoms with Crippen molar-refractivity contribution >= 4 is 23.2 Å². The topological polar surface area (TPSA) is 49.4 Å². The van der Waals surface area contributed by atoms with Gasteiger partial charge in [-0.1, -0.05) is 32.9 Å². The van der Waals surface area contributed by atoms with E-state index in [0.717, 1.165) is 28.8 Å². The number of carbonyl (C=O) groups excluding carboxylic acids is 2. The summed E-state index contributed by atoms with van der Waals surface area (Å²) in [5.41, 5.74) is 5.22. The minimum Gasteiger partial charge on any atom is -0.322 e. The molecule has 0 saturated heterocycles. The molecule has 0 fully saturated rings. The molecular weight excluding hydrogens is 324 g/mol. The Morgan fingerprint density at radius 2 is 1.73 bits per heavy atom. The highest BCUT2D eigenvalue weighted by atomic mass is 16.2. The van der Waals surface area contributed by atoms with Gasteiger partial charge in [0.1, 0.15) is 0 Å². The van der Waals surface area contributed by atoms with Gasteiger partial charge in [-0.15, -0.1) is 0 Å². The number of anilines is 2. The highest BCUT2D eigenvalue weighted by Gasteiger charge is 2.32. The molecule has 0 atom stereocenters. The van der Waals surface area contributed by atoms with E-state index in [4.69, 9.17) is 0 Å². The van der Waals surface area contributed by atoms with Crippen molar-refractivity contribution < 1.29 is 9.59 Å². The van der Waals surface area contributed by atoms with E-state index in [2.05, 4.69) is 5.32 Å². The van der Waals surface area contributed by atoms with Gasteiger partial charge < -0.3 is 10.2 Å². The predicted octanol–water partition coefficient (Wildman–Crippen LogP) is 4.49. The van der Waals surface area contributed by atoms with Crippen molar-refractivity contribution in [3.8, 4) is 0 Å². The average Bonchev–Trinajstić information content (AvgIpc) is 2.98. The molecule has 4 heteroatoms. The van der Waals surface area contributed by atoms with Crippen LogP contribution in [0.5, 0.6) is 0 Å². The van der Waals surface area contributed by atoms with Gasteiger partial charge in [-0.05, 0) is 61.2 Å². The molecule has 0 spiro atoms. The third-order valence-electron chi connectivity index (χ3n) is 4.89. The summed E-state index contributed by atoms with van der Waals surface area (Å²) < 4.78 is 0. The van der Waals surface area contributed by atoms with Gasteiger partial charge in [0.15, 0.2) is 0 Å². The van der Waals surface area contributed by atoms with Crippen molar-refractivity contribution in [1.29, 1.82) is 0 Å². The average molecular weight is 350 g/mol. The number of amides is 2. The first kappa shape index (κ1) is 18.2. The van der Waals surface area contributed by atoms with Gasteiger partial charge in [0.25, 0.3) is 5.91 Å². The van der Waals surface area contributed by atoms with Gasteiger partial charge in [0.2, 0.25) is 5.91 Å². The van der Waals surface area contributed by atoms with Gasteiger partial charge in [-0.2, -0.15) is 0 Å². The van der Waals surface area contributed by atoms with Gasteiger partial charge in [0.05, 0.1) is 0 Å². The Morgan fingerprint density at radius 1 is 1.00 bits per heavy atom. The van der Waals surface area contributed by atoms with Crippen LogP contribution in [0, 0.1) is 19.3 Å². The minimum absolute atomic E-state index is 0.105. The first-order valence-corrected chi connectivity index (χ1v) is 9.00. The van der Waals surface area contributed by atoms with Crippen LogP contribution in [0.25, 0.3) is 0 Å². The fourth-order valence-corrected chi connectivity index (χ4v) is 3.16. The zero-order valence-corrected chi connectivity index (χ0v) is 16.1. The second kappa shape index (κ2) is 6.60. The molecule has 4 nitrogen and oxygen atoms in total. The fraction of sp³-hybridized carbons (Fsp3) is 0.364. The second-order valence-electron chi connectivity index (χ2n) is 8.05. The quantitative estimate of drug-likeness (QED) is 0.867. The molecule has 0 saturated carbocycles. The van der Waals surface area contributed by atoms with E-state index in [0.29, 0.717) is 17.8 Å². The summed E-state index contributed by atoms with van der Waals surface area (Å²) in [6, 6.07) is 11.5. The van der Waals surface area contributed by atoms with E-state index in [1.54, 1.807) is 0 Å². The van der Waals surface area contributed by atoms with Crippen molar-refractivity contribution in [1.82, 2.24) is 0 Å². The number of rotatable bonds is 2. The van der Waals surface area contributed by atoms with Gasteiger partial charge in [-0.25, -0.2) is 0 Å². The number of fused-ring (bicyclic) bond motifs is 1. The summed E-state index contributed by atoms with van der Waals surface area (Å²) in [5, 5.41) is 2.96. The lowest BCUT2D eigenvalue weighted by Crippen LogP contribution is -2.38. The van der Waals surface area contributed by atoms with Crippen molar-refractivity contribution in [3.63, 3.8) is 0 Å². The molecule has 0 radical (unpaired) electrons. The molecule has 1 aliphatic heterocycles. The lowest BCUT2D eigenvalue weighted by molar-refractivity contribution is -0.125. The van der Waals surface area contributed by atoms with Gasteiger partial charge in [0, 0.05) is 28.9 Å². The highest BCUT2D eigenvalue weighted by Crippen LogP contribution is 2.34. The van der Waals surface area contributed by atoms with Crippen LogP contribution in [0.2, 0.25) is 0 Å². The third kappa shape index (κ3) is 3.50. The molecule has 2 aromatic rings. The SMILES string of the molecule is Cc1ccc(C(=O)Nc2ccc3c(c2)N(C(=O)C(C)(C)C)CC3)cc1C. The summed E-state index contributed by atoms with van der Waals surface area (Å²) in [5.74, 6) is -0.0337. The van der Waals surface area contributed by atoms with Crippen molar-refractivity contribution in [2.45, 2.75) is 41.0 Å². The maximum absolute atomic E-state index is 12.7. The standard InChI is InChI=1S/C22H26N2O2/c1-14-6-7-17(12-15(14)2)20(25)23-18-9-8-16-10-11-24(19(16)13-18)21(26)22(3,4)5/h6-9,12-13H,10-11H2,1-5H3,(H,23,25). The van der Waals surface area contributed by atoms with Crippen LogP contribution in [0.1, 0.15) is 47.8 Å². The number of hydrogen-bond donors (Lipinski definition) is 1. The molecule has 0 bridgehead atoms. The van der Waals surface area contributed by atoms with Crippen LogP contribution in [-0.4, -0.2) is 18.4 Å². The van der Waals surface area contributed by atoms with E-state index in [-0.39, 0.29) is 11.8 Å². The molecule has 1 aliphatic rings. The van der Waals surface area contributed by atoms with Crippen LogP contribution in [-0.2, 0) is 11.2 Å². The zero-order valence-electron chi connectivity index (χ0n) is 16.1. The summed E-state index contributed by atoms with van der Waals surface area (Å²) in [7, 11) is 0. The Hall–Kier alpha value is -2.62. The molecule has 0 unspecified atom stereocenters. The van der Waals surface area contributed by atoms with E-state index < -0.39 is 5.41 Å². The number of aryl methyl sites for hydroxylation is 2. The number of carbonyl (C=O) groups is 2. The molecule has 136 valence electrons. The molecule has 2 amide bonds. The summed E-state index contributed by atoms with van der Waals surface area (Å²) in [6.07, 6.45) is 0.850. The van der Waals surface area contributed by atoms with Crippen LogP contribution >= 0.6 is 0 Å². The van der Waals surface area contributed by atoms with Crippen molar-refractivity contribution in [2.24, 2.45) is 5.41 Å². The van der Waals surface area contributed by atoms with Crippen molar-refractivity contribution in [2.75, 3.05) is 16.8 Å². The Bertz CT molecular complexity index is 878. The monoisotopic (exact) mass is 350 g/mol. The van der Waals surface area contributed by atoms with Crippen LogP contribution < -0.4 is 10.2 Å². The third-order valence-corrected chi connectivity index (χ3v) is 4.89. The molecule has 26 heavy (non-hydrogen) atoms. The van der Waals surface area contributed by atoms with Crippen LogP contribution in [0.3, 0.4) is 0 Å². The van der Waals surface area contributed by atoms with E-state index >= 15 is 0 Å². The van der Waals surface area contributed by atoms with Crippen LogP contribution in [0.4, 0.5) is 11.4 Å². The van der Waals surface area contributed by atoms with E-state index in [9.17, 15) is 9.59 Å². The maximum atomic E-state index is 12.7. The second-order valence-corrected chi connectivity index (χ2v) is 8.05. The zero-order chi connectivity index (χ0) is 19.1. The Morgan fingerprint density at radius 3 is 2.38 bits per heavy atom. The lowest BCUT2D eigenvalue weighted by Gasteiger charge is -2.26. The lowest BCUT2D eigenvalue weighted by atomic mass is 9.94. The Balaban J connectivity index is 1.84. The molecule has 1 heterocycles. The molecule has 3 rings (SSSR count). The first-order chi connectivity index (χ1) is 12.2. The predicted molar refractivity (Wildman–Crippen MR) is 106 cm³/mol. The molecular formula is C22H26N2O2. The van der Waals surface area contributed by atoms with Crippen LogP contribution in [0.15, 0.2) is 36.4 Å².